The zero-order valence-corrected chi connectivity index (χ0v) is 7.98. The molecule has 0 aromatic heterocycles. The molecule has 1 aromatic carbocycles. The highest BCUT2D eigenvalue weighted by Crippen LogP contribution is 2.11. The van der Waals surface area contributed by atoms with Crippen LogP contribution in [-0.4, -0.2) is 8.76 Å². The number of aryl methyl sites for hydroxylation is 2. The van der Waals surface area contributed by atoms with Crippen LogP contribution in [-0.2, 0) is 16.8 Å². The molecule has 0 N–H and O–H groups in total. The zero-order valence-electron chi connectivity index (χ0n) is 7.16. The van der Waals surface area contributed by atoms with Crippen LogP contribution in [0.2, 0.25) is 0 Å². The zero-order chi connectivity index (χ0) is 9.14. The minimum atomic E-state index is -1.98. The molecule has 0 saturated heterocycles. The third-order valence-electron chi connectivity index (χ3n) is 1.77. The minimum Gasteiger partial charge on any atom is -0.772 e. The Bertz CT molecular complexity index is 307. The topological polar surface area (TPSA) is 40.1 Å². The molecule has 2 nitrogen and oxygen atoms in total. The van der Waals surface area contributed by atoms with Crippen molar-refractivity contribution in [1.82, 2.24) is 0 Å². The van der Waals surface area contributed by atoms with E-state index in [1.807, 2.05) is 32.0 Å². The van der Waals surface area contributed by atoms with Crippen molar-refractivity contribution in [3.05, 3.63) is 34.9 Å². The summed E-state index contributed by atoms with van der Waals surface area (Å²) in [5, 5.41) is 0. The second kappa shape index (κ2) is 3.83. The number of hydrogen-bond acceptors (Lipinski definition) is 2. The van der Waals surface area contributed by atoms with Gasteiger partial charge >= 0.3 is 0 Å². The van der Waals surface area contributed by atoms with Crippen LogP contribution >= 0.6 is 0 Å². The fourth-order valence-electron chi connectivity index (χ4n) is 1.13. The number of rotatable bonds is 2. The lowest BCUT2D eigenvalue weighted by atomic mass is 10.1. The molecule has 0 saturated carbocycles. The molecule has 0 aliphatic carbocycles. The van der Waals surface area contributed by atoms with Crippen LogP contribution in [0.25, 0.3) is 0 Å². The van der Waals surface area contributed by atoms with Gasteiger partial charge in [-0.15, -0.1) is 0 Å². The van der Waals surface area contributed by atoms with E-state index in [1.165, 1.54) is 0 Å². The average molecular weight is 183 g/mol. The summed E-state index contributed by atoms with van der Waals surface area (Å²) < 4.78 is 20.8. The molecule has 3 heteroatoms. The monoisotopic (exact) mass is 183 g/mol. The minimum absolute atomic E-state index is 0.117. The van der Waals surface area contributed by atoms with Gasteiger partial charge in [0.05, 0.1) is 0 Å². The normalized spacial score (nSPS) is 12.9. The van der Waals surface area contributed by atoms with Gasteiger partial charge in [0.25, 0.3) is 0 Å². The predicted molar refractivity (Wildman–Crippen MR) is 48.5 cm³/mol. The van der Waals surface area contributed by atoms with Gasteiger partial charge in [-0.05, 0) is 25.0 Å². The maximum atomic E-state index is 10.4. The van der Waals surface area contributed by atoms with Gasteiger partial charge in [0.1, 0.15) is 0 Å². The standard InChI is InChI=1S/C9H12O2S/c1-7-3-4-9(6-12(10)11)8(2)5-7/h3-5H,6H2,1-2H3,(H,10,11)/p-1. The maximum absolute atomic E-state index is 10.4. The summed E-state index contributed by atoms with van der Waals surface area (Å²) in [6.45, 7) is 3.92. The van der Waals surface area contributed by atoms with Crippen molar-refractivity contribution >= 4 is 11.1 Å². The van der Waals surface area contributed by atoms with Crippen LogP contribution in [0.4, 0.5) is 0 Å². The SMILES string of the molecule is Cc1ccc(CS(=O)[O-])c(C)c1. The Kier molecular flexibility index (Phi) is 3.00. The van der Waals surface area contributed by atoms with Gasteiger partial charge in [-0.25, -0.2) is 0 Å². The lowest BCUT2D eigenvalue weighted by Gasteiger charge is -2.08. The summed E-state index contributed by atoms with van der Waals surface area (Å²) in [5.74, 6) is 0.117. The molecule has 1 unspecified atom stereocenters. The molecule has 0 bridgehead atoms. The molecule has 0 radical (unpaired) electrons. The van der Waals surface area contributed by atoms with Gasteiger partial charge < -0.3 is 4.55 Å². The second-order valence-corrected chi connectivity index (χ2v) is 3.77. The quantitative estimate of drug-likeness (QED) is 0.654. The molecule has 66 valence electrons. The first-order chi connectivity index (χ1) is 5.59. The van der Waals surface area contributed by atoms with E-state index in [4.69, 9.17) is 0 Å². The van der Waals surface area contributed by atoms with Crippen molar-refractivity contribution in [2.45, 2.75) is 19.6 Å². The molecular weight excluding hydrogens is 172 g/mol. The Hall–Kier alpha value is -0.670. The van der Waals surface area contributed by atoms with Gasteiger partial charge in [0.2, 0.25) is 0 Å². The van der Waals surface area contributed by atoms with Crippen molar-refractivity contribution < 1.29 is 8.76 Å². The molecular formula is C9H11O2S-. The van der Waals surface area contributed by atoms with Crippen LogP contribution in [0, 0.1) is 13.8 Å². The summed E-state index contributed by atoms with van der Waals surface area (Å²) in [7, 11) is 0. The van der Waals surface area contributed by atoms with Crippen molar-refractivity contribution in [1.29, 1.82) is 0 Å². The molecule has 0 fully saturated rings. The fourth-order valence-corrected chi connectivity index (χ4v) is 1.71. The van der Waals surface area contributed by atoms with E-state index in [2.05, 4.69) is 0 Å². The van der Waals surface area contributed by atoms with Crippen LogP contribution < -0.4 is 0 Å². The highest BCUT2D eigenvalue weighted by Gasteiger charge is 1.97. The van der Waals surface area contributed by atoms with Gasteiger partial charge in [-0.3, -0.25) is 4.21 Å². The molecule has 1 atom stereocenters. The summed E-state index contributed by atoms with van der Waals surface area (Å²) in [6, 6.07) is 5.78. The number of benzene rings is 1. The smallest absolute Gasteiger partial charge is 0.0355 e. The Morgan fingerprint density at radius 3 is 2.58 bits per heavy atom. The fraction of sp³-hybridized carbons (Fsp3) is 0.333. The first-order valence-corrected chi connectivity index (χ1v) is 4.96. The largest absolute Gasteiger partial charge is 0.772 e. The van der Waals surface area contributed by atoms with Crippen LogP contribution in [0.15, 0.2) is 18.2 Å². The van der Waals surface area contributed by atoms with E-state index in [-0.39, 0.29) is 5.75 Å². The van der Waals surface area contributed by atoms with Gasteiger partial charge in [-0.1, -0.05) is 34.8 Å². The van der Waals surface area contributed by atoms with Crippen molar-refractivity contribution in [3.8, 4) is 0 Å². The van der Waals surface area contributed by atoms with Crippen LogP contribution in [0.3, 0.4) is 0 Å². The Labute approximate surface area is 74.9 Å². The molecule has 0 heterocycles. The van der Waals surface area contributed by atoms with E-state index < -0.39 is 11.1 Å². The summed E-state index contributed by atoms with van der Waals surface area (Å²) in [4.78, 5) is 0. The molecule has 1 rings (SSSR count). The highest BCUT2D eigenvalue weighted by atomic mass is 32.2. The lowest BCUT2D eigenvalue weighted by Crippen LogP contribution is -1.96. The van der Waals surface area contributed by atoms with Crippen LogP contribution in [0.5, 0.6) is 0 Å². The van der Waals surface area contributed by atoms with Gasteiger partial charge in [-0.2, -0.15) is 0 Å². The molecule has 1 aromatic rings. The van der Waals surface area contributed by atoms with Gasteiger partial charge in [0, 0.05) is 5.75 Å². The van der Waals surface area contributed by atoms with E-state index in [9.17, 15) is 8.76 Å². The summed E-state index contributed by atoms with van der Waals surface area (Å²) in [6.07, 6.45) is 0. The number of hydrogen-bond donors (Lipinski definition) is 0. The maximum Gasteiger partial charge on any atom is 0.0355 e. The summed E-state index contributed by atoms with van der Waals surface area (Å²) in [5.41, 5.74) is 3.08. The Balaban J connectivity index is 2.93. The second-order valence-electron chi connectivity index (χ2n) is 2.88. The van der Waals surface area contributed by atoms with E-state index in [1.54, 1.807) is 0 Å². The molecule has 12 heavy (non-hydrogen) atoms. The summed E-state index contributed by atoms with van der Waals surface area (Å²) >= 11 is -1.98. The molecule has 0 aliphatic heterocycles. The lowest BCUT2D eigenvalue weighted by molar-refractivity contribution is 0.536. The first kappa shape index (κ1) is 9.42. The Morgan fingerprint density at radius 2 is 2.08 bits per heavy atom. The predicted octanol–water partition coefficient (Wildman–Crippen LogP) is 1.68. The van der Waals surface area contributed by atoms with E-state index >= 15 is 0 Å². The first-order valence-electron chi connectivity index (χ1n) is 3.71. The van der Waals surface area contributed by atoms with Crippen molar-refractivity contribution in [3.63, 3.8) is 0 Å². The molecule has 0 amide bonds. The van der Waals surface area contributed by atoms with Crippen molar-refractivity contribution in [2.24, 2.45) is 0 Å². The molecule has 0 spiro atoms. The van der Waals surface area contributed by atoms with E-state index in [0.717, 1.165) is 16.7 Å². The third-order valence-corrected chi connectivity index (χ3v) is 2.32. The highest BCUT2D eigenvalue weighted by molar-refractivity contribution is 7.78. The van der Waals surface area contributed by atoms with Crippen LogP contribution in [0.1, 0.15) is 16.7 Å². The third kappa shape index (κ3) is 2.43. The van der Waals surface area contributed by atoms with Gasteiger partial charge in [0.15, 0.2) is 0 Å². The molecule has 0 aliphatic rings. The van der Waals surface area contributed by atoms with E-state index in [0.29, 0.717) is 0 Å². The van der Waals surface area contributed by atoms with Crippen molar-refractivity contribution in [2.75, 3.05) is 0 Å². The Morgan fingerprint density at radius 1 is 1.42 bits per heavy atom. The average Bonchev–Trinajstić information content (AvgIpc) is 1.94.